The second-order valence-electron chi connectivity index (χ2n) is 4.79. The maximum absolute atomic E-state index is 8.00. The predicted octanol–water partition coefficient (Wildman–Crippen LogP) is 3.43. The molecule has 0 saturated carbocycles. The molecule has 1 N–H and O–H groups in total. The van der Waals surface area contributed by atoms with E-state index in [9.17, 15) is 0 Å². The van der Waals surface area contributed by atoms with E-state index >= 15 is 0 Å². The summed E-state index contributed by atoms with van der Waals surface area (Å²) in [5, 5.41) is 3.30. The molecule has 2 rings (SSSR count). The van der Waals surface area contributed by atoms with Crippen LogP contribution in [0.2, 0.25) is 0 Å². The number of likely N-dealkylation sites (N-methyl/N-ethyl adjacent to an activating group) is 1. The van der Waals surface area contributed by atoms with E-state index in [0.717, 1.165) is 13.2 Å². The fraction of sp³-hybridized carbons (Fsp3) is 0.611. The normalized spacial score (nSPS) is 14.5. The molecule has 0 bridgehead atoms. The third-order valence-corrected chi connectivity index (χ3v) is 3.60. The highest BCUT2D eigenvalue weighted by Gasteiger charge is 2.13. The number of anilines is 1. The lowest BCUT2D eigenvalue weighted by atomic mass is 10.1. The van der Waals surface area contributed by atoms with Gasteiger partial charge in [-0.3, -0.25) is 0 Å². The van der Waals surface area contributed by atoms with Crippen LogP contribution in [0.3, 0.4) is 0 Å². The van der Waals surface area contributed by atoms with Crippen molar-refractivity contribution in [1.29, 1.82) is 0 Å². The molecule has 0 aromatic heterocycles. The molecular formula is C18H32N2O2. The SMILES string of the molecule is C=O.CC.CCOCC(NC)c1ccc(N2CCCC2)cc1. The second kappa shape index (κ2) is 13.3. The van der Waals surface area contributed by atoms with Crippen LogP contribution in [0.15, 0.2) is 24.3 Å². The summed E-state index contributed by atoms with van der Waals surface area (Å²) in [7, 11) is 1.98. The van der Waals surface area contributed by atoms with Crippen molar-refractivity contribution in [2.24, 2.45) is 0 Å². The van der Waals surface area contributed by atoms with Crippen molar-refractivity contribution in [2.75, 3.05) is 38.3 Å². The molecule has 1 aromatic rings. The van der Waals surface area contributed by atoms with Gasteiger partial charge in [-0.25, -0.2) is 0 Å². The van der Waals surface area contributed by atoms with Gasteiger partial charge in [-0.1, -0.05) is 26.0 Å². The molecule has 1 unspecified atom stereocenters. The Hall–Kier alpha value is -1.39. The highest BCUT2D eigenvalue weighted by Crippen LogP contribution is 2.22. The Morgan fingerprint density at radius 3 is 2.18 bits per heavy atom. The number of nitrogens with one attached hydrogen (secondary N) is 1. The molecule has 0 radical (unpaired) electrons. The molecule has 0 spiro atoms. The lowest BCUT2D eigenvalue weighted by Gasteiger charge is -2.20. The number of hydrogen-bond donors (Lipinski definition) is 1. The van der Waals surface area contributed by atoms with E-state index in [0.29, 0.717) is 0 Å². The highest BCUT2D eigenvalue weighted by atomic mass is 16.5. The van der Waals surface area contributed by atoms with Gasteiger partial charge in [-0.05, 0) is 44.5 Å². The van der Waals surface area contributed by atoms with E-state index in [1.165, 1.54) is 37.2 Å². The van der Waals surface area contributed by atoms with Gasteiger partial charge in [0.15, 0.2) is 0 Å². The molecular weight excluding hydrogens is 276 g/mol. The summed E-state index contributed by atoms with van der Waals surface area (Å²) in [5.74, 6) is 0. The third kappa shape index (κ3) is 6.58. The van der Waals surface area contributed by atoms with Crippen LogP contribution in [-0.4, -0.2) is 40.1 Å². The third-order valence-electron chi connectivity index (χ3n) is 3.60. The van der Waals surface area contributed by atoms with Crippen molar-refractivity contribution in [3.63, 3.8) is 0 Å². The number of nitrogens with zero attached hydrogens (tertiary/aromatic N) is 1. The van der Waals surface area contributed by atoms with Crippen molar-refractivity contribution in [3.8, 4) is 0 Å². The van der Waals surface area contributed by atoms with E-state index in [1.54, 1.807) is 0 Å². The molecule has 22 heavy (non-hydrogen) atoms. The molecule has 1 atom stereocenters. The average molecular weight is 308 g/mol. The minimum Gasteiger partial charge on any atom is -0.380 e. The van der Waals surface area contributed by atoms with Gasteiger partial charge in [0.05, 0.1) is 12.6 Å². The average Bonchev–Trinajstić information content (AvgIpc) is 3.14. The van der Waals surface area contributed by atoms with Gasteiger partial charge in [0.2, 0.25) is 0 Å². The lowest BCUT2D eigenvalue weighted by Crippen LogP contribution is -2.22. The number of rotatable bonds is 6. The summed E-state index contributed by atoms with van der Waals surface area (Å²) in [6, 6.07) is 9.19. The van der Waals surface area contributed by atoms with E-state index in [1.807, 2.05) is 34.6 Å². The first kappa shape index (κ1) is 20.6. The highest BCUT2D eigenvalue weighted by molar-refractivity contribution is 5.48. The molecule has 1 saturated heterocycles. The summed E-state index contributed by atoms with van der Waals surface area (Å²) in [4.78, 5) is 10.5. The van der Waals surface area contributed by atoms with Crippen molar-refractivity contribution in [1.82, 2.24) is 5.32 Å². The predicted molar refractivity (Wildman–Crippen MR) is 94.7 cm³/mol. The zero-order valence-corrected chi connectivity index (χ0v) is 14.6. The van der Waals surface area contributed by atoms with Crippen LogP contribution in [0.5, 0.6) is 0 Å². The maximum atomic E-state index is 8.00. The first-order chi connectivity index (χ1) is 10.8. The minimum absolute atomic E-state index is 0.289. The van der Waals surface area contributed by atoms with Crippen LogP contribution < -0.4 is 10.2 Å². The Morgan fingerprint density at radius 2 is 1.73 bits per heavy atom. The Balaban J connectivity index is 0.00000102. The van der Waals surface area contributed by atoms with Gasteiger partial charge in [-0.2, -0.15) is 0 Å². The van der Waals surface area contributed by atoms with Crippen molar-refractivity contribution in [2.45, 2.75) is 39.7 Å². The van der Waals surface area contributed by atoms with E-state index in [-0.39, 0.29) is 6.04 Å². The van der Waals surface area contributed by atoms with Gasteiger partial charge >= 0.3 is 0 Å². The van der Waals surface area contributed by atoms with Gasteiger partial charge < -0.3 is 19.7 Å². The largest absolute Gasteiger partial charge is 0.380 e. The number of benzene rings is 1. The summed E-state index contributed by atoms with van der Waals surface area (Å²) in [5.41, 5.74) is 2.65. The van der Waals surface area contributed by atoms with Crippen molar-refractivity contribution in [3.05, 3.63) is 29.8 Å². The number of carbonyl (C=O) groups is 1. The Labute approximate surface area is 135 Å². The molecule has 1 aliphatic rings. The Bertz CT molecular complexity index is 362. The summed E-state index contributed by atoms with van der Waals surface area (Å²) >= 11 is 0. The van der Waals surface area contributed by atoms with Crippen molar-refractivity contribution < 1.29 is 9.53 Å². The zero-order valence-electron chi connectivity index (χ0n) is 14.6. The van der Waals surface area contributed by atoms with Crippen LogP contribution in [-0.2, 0) is 9.53 Å². The van der Waals surface area contributed by atoms with E-state index in [2.05, 4.69) is 34.5 Å². The Morgan fingerprint density at radius 1 is 1.18 bits per heavy atom. The van der Waals surface area contributed by atoms with Gasteiger partial charge in [0.25, 0.3) is 0 Å². The fourth-order valence-electron chi connectivity index (χ4n) is 2.47. The molecule has 0 amide bonds. The fourth-order valence-corrected chi connectivity index (χ4v) is 2.47. The first-order valence-electron chi connectivity index (χ1n) is 8.24. The molecule has 1 heterocycles. The zero-order chi connectivity index (χ0) is 16.8. The molecule has 4 heteroatoms. The number of ether oxygens (including phenoxy) is 1. The van der Waals surface area contributed by atoms with E-state index in [4.69, 9.17) is 9.53 Å². The van der Waals surface area contributed by atoms with Gasteiger partial charge in [0, 0.05) is 25.4 Å². The van der Waals surface area contributed by atoms with Crippen LogP contribution in [0.25, 0.3) is 0 Å². The number of carbonyl (C=O) groups excluding carboxylic acids is 1. The van der Waals surface area contributed by atoms with Gasteiger partial charge in [-0.15, -0.1) is 0 Å². The monoisotopic (exact) mass is 308 g/mol. The molecule has 4 nitrogen and oxygen atoms in total. The van der Waals surface area contributed by atoms with Crippen LogP contribution in [0.4, 0.5) is 5.69 Å². The standard InChI is InChI=1S/C15H24N2O.C2H6.CH2O/c1-3-18-12-15(16-2)13-6-8-14(9-7-13)17-10-4-5-11-17;2*1-2/h6-9,15-16H,3-5,10-12H2,1-2H3;1-2H3;1H2. The maximum Gasteiger partial charge on any atom is 0.106 e. The quantitative estimate of drug-likeness (QED) is 0.874. The van der Waals surface area contributed by atoms with Crippen LogP contribution in [0.1, 0.15) is 45.2 Å². The second-order valence-corrected chi connectivity index (χ2v) is 4.79. The molecule has 1 aromatic carbocycles. The lowest BCUT2D eigenvalue weighted by molar-refractivity contribution is -0.0979. The minimum atomic E-state index is 0.289. The molecule has 1 aliphatic heterocycles. The topological polar surface area (TPSA) is 41.6 Å². The molecule has 126 valence electrons. The first-order valence-corrected chi connectivity index (χ1v) is 8.24. The van der Waals surface area contributed by atoms with Gasteiger partial charge in [0.1, 0.15) is 6.79 Å². The van der Waals surface area contributed by atoms with Crippen LogP contribution >= 0.6 is 0 Å². The Kier molecular flexibility index (Phi) is 12.4. The summed E-state index contributed by atoms with van der Waals surface area (Å²) in [6.45, 7) is 11.9. The van der Waals surface area contributed by atoms with Crippen molar-refractivity contribution >= 4 is 12.5 Å². The summed E-state index contributed by atoms with van der Waals surface area (Å²) in [6.07, 6.45) is 2.65. The van der Waals surface area contributed by atoms with Crippen LogP contribution in [0, 0.1) is 0 Å². The molecule has 0 aliphatic carbocycles. The van der Waals surface area contributed by atoms with E-state index < -0.39 is 0 Å². The summed E-state index contributed by atoms with van der Waals surface area (Å²) < 4.78 is 5.50. The number of hydrogen-bond acceptors (Lipinski definition) is 4. The smallest absolute Gasteiger partial charge is 0.106 e. The molecule has 1 fully saturated rings.